The van der Waals surface area contributed by atoms with E-state index in [-0.39, 0.29) is 6.04 Å². The quantitative estimate of drug-likeness (QED) is 0.654. The van der Waals surface area contributed by atoms with Gasteiger partial charge in [-0.25, -0.2) is 0 Å². The number of ether oxygens (including phenoxy) is 1. The third-order valence-corrected chi connectivity index (χ3v) is 2.60. The van der Waals surface area contributed by atoms with Crippen molar-refractivity contribution in [2.45, 2.75) is 31.3 Å². The standard InChI is InChI=1S/C9H20N2O/c1-11(9-4-3-5-9)6-8(10)7-12-2/h8-9H,3-7,10H2,1-2H3. The largest absolute Gasteiger partial charge is 0.383 e. The number of likely N-dealkylation sites (N-methyl/N-ethyl adjacent to an activating group) is 1. The van der Waals surface area contributed by atoms with Crippen molar-refractivity contribution in [3.8, 4) is 0 Å². The lowest BCUT2D eigenvalue weighted by Gasteiger charge is -2.35. The summed E-state index contributed by atoms with van der Waals surface area (Å²) in [4.78, 5) is 2.35. The lowest BCUT2D eigenvalue weighted by atomic mass is 9.92. The fourth-order valence-electron chi connectivity index (χ4n) is 1.61. The molecule has 0 amide bonds. The van der Waals surface area contributed by atoms with Crippen LogP contribution in [0.3, 0.4) is 0 Å². The second kappa shape index (κ2) is 4.80. The maximum Gasteiger partial charge on any atom is 0.0626 e. The van der Waals surface area contributed by atoms with Crippen LogP contribution in [0, 0.1) is 0 Å². The van der Waals surface area contributed by atoms with E-state index in [4.69, 9.17) is 10.5 Å². The Morgan fingerprint density at radius 2 is 2.25 bits per heavy atom. The predicted octanol–water partition coefficient (Wildman–Crippen LogP) is 0.444. The van der Waals surface area contributed by atoms with E-state index in [1.165, 1.54) is 19.3 Å². The van der Waals surface area contributed by atoms with Gasteiger partial charge in [0, 0.05) is 25.7 Å². The van der Waals surface area contributed by atoms with Gasteiger partial charge in [0.05, 0.1) is 6.61 Å². The Kier molecular flexibility index (Phi) is 3.98. The molecule has 1 rings (SSSR count). The normalized spacial score (nSPS) is 21.0. The minimum absolute atomic E-state index is 0.167. The van der Waals surface area contributed by atoms with Crippen LogP contribution in [0.2, 0.25) is 0 Å². The van der Waals surface area contributed by atoms with Crippen LogP contribution in [0.15, 0.2) is 0 Å². The van der Waals surface area contributed by atoms with Gasteiger partial charge in [0.15, 0.2) is 0 Å². The Morgan fingerprint density at radius 3 is 2.67 bits per heavy atom. The summed E-state index contributed by atoms with van der Waals surface area (Å²) < 4.78 is 4.98. The third kappa shape index (κ3) is 2.73. The van der Waals surface area contributed by atoms with Crippen molar-refractivity contribution in [1.82, 2.24) is 4.90 Å². The number of nitrogens with two attached hydrogens (primary N) is 1. The zero-order valence-electron chi connectivity index (χ0n) is 8.12. The maximum atomic E-state index is 5.84. The van der Waals surface area contributed by atoms with E-state index in [1.54, 1.807) is 7.11 Å². The Balaban J connectivity index is 2.11. The van der Waals surface area contributed by atoms with Crippen LogP contribution < -0.4 is 5.73 Å². The number of rotatable bonds is 5. The summed E-state index contributed by atoms with van der Waals surface area (Å²) in [5, 5.41) is 0. The molecule has 1 aliphatic rings. The fraction of sp³-hybridized carbons (Fsp3) is 1.00. The molecule has 3 nitrogen and oxygen atoms in total. The molecule has 3 heteroatoms. The van der Waals surface area contributed by atoms with E-state index in [9.17, 15) is 0 Å². The van der Waals surface area contributed by atoms with Gasteiger partial charge >= 0.3 is 0 Å². The average Bonchev–Trinajstić information content (AvgIpc) is 1.82. The zero-order valence-corrected chi connectivity index (χ0v) is 8.12. The van der Waals surface area contributed by atoms with E-state index in [1.807, 2.05) is 0 Å². The van der Waals surface area contributed by atoms with Crippen LogP contribution in [0.4, 0.5) is 0 Å². The highest BCUT2D eigenvalue weighted by molar-refractivity contribution is 4.79. The van der Waals surface area contributed by atoms with Crippen molar-refractivity contribution in [2.24, 2.45) is 5.73 Å². The molecule has 2 N–H and O–H groups in total. The molecular formula is C9H20N2O. The first-order valence-corrected chi connectivity index (χ1v) is 4.68. The number of hydrogen-bond acceptors (Lipinski definition) is 3. The summed E-state index contributed by atoms with van der Waals surface area (Å²) in [6.45, 7) is 1.62. The van der Waals surface area contributed by atoms with Gasteiger partial charge in [-0.3, -0.25) is 0 Å². The molecule has 0 aromatic heterocycles. The third-order valence-electron chi connectivity index (χ3n) is 2.60. The summed E-state index contributed by atoms with van der Waals surface area (Å²) in [5.74, 6) is 0. The van der Waals surface area contributed by atoms with E-state index < -0.39 is 0 Å². The van der Waals surface area contributed by atoms with Crippen LogP contribution >= 0.6 is 0 Å². The van der Waals surface area contributed by atoms with Gasteiger partial charge in [0.1, 0.15) is 0 Å². The zero-order chi connectivity index (χ0) is 8.97. The predicted molar refractivity (Wildman–Crippen MR) is 50.1 cm³/mol. The summed E-state index contributed by atoms with van der Waals surface area (Å²) in [5.41, 5.74) is 5.84. The maximum absolute atomic E-state index is 5.84. The fourth-order valence-corrected chi connectivity index (χ4v) is 1.61. The first kappa shape index (κ1) is 9.96. The minimum atomic E-state index is 0.167. The van der Waals surface area contributed by atoms with Crippen LogP contribution in [0.5, 0.6) is 0 Å². The van der Waals surface area contributed by atoms with Crippen molar-refractivity contribution in [2.75, 3.05) is 27.3 Å². The van der Waals surface area contributed by atoms with E-state index in [2.05, 4.69) is 11.9 Å². The Hall–Kier alpha value is -0.120. The highest BCUT2D eigenvalue weighted by Gasteiger charge is 2.22. The Labute approximate surface area is 74.9 Å². The van der Waals surface area contributed by atoms with E-state index in [0.717, 1.165) is 12.6 Å². The molecule has 1 unspecified atom stereocenters. The highest BCUT2D eigenvalue weighted by atomic mass is 16.5. The Bertz CT molecular complexity index is 126. The molecule has 0 heterocycles. The van der Waals surface area contributed by atoms with Gasteiger partial charge in [0.2, 0.25) is 0 Å². The minimum Gasteiger partial charge on any atom is -0.383 e. The molecule has 0 spiro atoms. The molecular weight excluding hydrogens is 152 g/mol. The first-order valence-electron chi connectivity index (χ1n) is 4.68. The molecule has 1 aliphatic carbocycles. The van der Waals surface area contributed by atoms with Crippen LogP contribution in [-0.4, -0.2) is 44.3 Å². The van der Waals surface area contributed by atoms with Crippen LogP contribution in [0.25, 0.3) is 0 Å². The van der Waals surface area contributed by atoms with Gasteiger partial charge in [-0.05, 0) is 19.9 Å². The number of methoxy groups -OCH3 is 1. The SMILES string of the molecule is COCC(N)CN(C)C1CCC1. The summed E-state index contributed by atoms with van der Waals surface area (Å²) >= 11 is 0. The Morgan fingerprint density at radius 1 is 1.58 bits per heavy atom. The summed E-state index contributed by atoms with van der Waals surface area (Å²) in [6, 6.07) is 0.952. The lowest BCUT2D eigenvalue weighted by molar-refractivity contribution is 0.118. The van der Waals surface area contributed by atoms with Crippen molar-refractivity contribution in [3.05, 3.63) is 0 Å². The van der Waals surface area contributed by atoms with Crippen molar-refractivity contribution in [3.63, 3.8) is 0 Å². The molecule has 0 aromatic carbocycles. The van der Waals surface area contributed by atoms with Crippen molar-refractivity contribution >= 4 is 0 Å². The smallest absolute Gasteiger partial charge is 0.0626 e. The highest BCUT2D eigenvalue weighted by Crippen LogP contribution is 2.23. The van der Waals surface area contributed by atoms with Crippen LogP contribution in [0.1, 0.15) is 19.3 Å². The number of hydrogen-bond donors (Lipinski definition) is 1. The molecule has 0 aromatic rings. The second-order valence-electron chi connectivity index (χ2n) is 3.74. The van der Waals surface area contributed by atoms with Gasteiger partial charge in [-0.2, -0.15) is 0 Å². The number of nitrogens with zero attached hydrogens (tertiary/aromatic N) is 1. The first-order chi connectivity index (χ1) is 5.74. The van der Waals surface area contributed by atoms with E-state index >= 15 is 0 Å². The van der Waals surface area contributed by atoms with Crippen LogP contribution in [-0.2, 0) is 4.74 Å². The topological polar surface area (TPSA) is 38.5 Å². The molecule has 0 bridgehead atoms. The van der Waals surface area contributed by atoms with Crippen molar-refractivity contribution < 1.29 is 4.74 Å². The van der Waals surface area contributed by atoms with E-state index in [0.29, 0.717) is 6.61 Å². The molecule has 0 radical (unpaired) electrons. The molecule has 0 aliphatic heterocycles. The molecule has 12 heavy (non-hydrogen) atoms. The molecule has 0 saturated heterocycles. The van der Waals surface area contributed by atoms with Gasteiger partial charge in [-0.1, -0.05) is 6.42 Å². The molecule has 1 atom stereocenters. The van der Waals surface area contributed by atoms with Gasteiger partial charge in [0.25, 0.3) is 0 Å². The second-order valence-corrected chi connectivity index (χ2v) is 3.74. The molecule has 1 fully saturated rings. The summed E-state index contributed by atoms with van der Waals surface area (Å²) in [6.07, 6.45) is 4.07. The van der Waals surface area contributed by atoms with Crippen molar-refractivity contribution in [1.29, 1.82) is 0 Å². The van der Waals surface area contributed by atoms with Gasteiger partial charge < -0.3 is 15.4 Å². The molecule has 1 saturated carbocycles. The monoisotopic (exact) mass is 172 g/mol. The molecule has 72 valence electrons. The lowest BCUT2D eigenvalue weighted by Crippen LogP contribution is -2.45. The van der Waals surface area contributed by atoms with Gasteiger partial charge in [-0.15, -0.1) is 0 Å². The summed E-state index contributed by atoms with van der Waals surface area (Å²) in [7, 11) is 3.85. The average molecular weight is 172 g/mol.